The van der Waals surface area contributed by atoms with E-state index < -0.39 is 5.60 Å². The number of benzene rings is 1. The third kappa shape index (κ3) is 3.61. The van der Waals surface area contributed by atoms with Crippen LogP contribution >= 0.6 is 0 Å². The van der Waals surface area contributed by atoms with Crippen LogP contribution in [0.3, 0.4) is 0 Å². The molecule has 1 aromatic heterocycles. The SMILES string of the molecule is C#CCC1(O)CC(C(=O)Nc2cnn(Cc3ccccc3)c2)C1. The third-order valence-corrected chi connectivity index (χ3v) is 4.14. The minimum absolute atomic E-state index is 0.0917. The first-order valence-electron chi connectivity index (χ1n) is 7.61. The molecule has 0 spiro atoms. The number of terminal acetylenes is 1. The summed E-state index contributed by atoms with van der Waals surface area (Å²) in [4.78, 5) is 12.1. The predicted molar refractivity (Wildman–Crippen MR) is 87.5 cm³/mol. The van der Waals surface area contributed by atoms with Crippen molar-refractivity contribution in [3.63, 3.8) is 0 Å². The summed E-state index contributed by atoms with van der Waals surface area (Å²) in [5, 5.41) is 17.1. The molecule has 5 heteroatoms. The Morgan fingerprint density at radius 3 is 2.87 bits per heavy atom. The van der Waals surface area contributed by atoms with Crippen molar-refractivity contribution < 1.29 is 9.90 Å². The van der Waals surface area contributed by atoms with E-state index in [1.54, 1.807) is 17.1 Å². The maximum Gasteiger partial charge on any atom is 0.227 e. The Balaban J connectivity index is 1.54. The van der Waals surface area contributed by atoms with E-state index in [0.717, 1.165) is 5.56 Å². The molecule has 5 nitrogen and oxygen atoms in total. The number of amides is 1. The number of carbonyl (C=O) groups excluding carboxylic acids is 1. The van der Waals surface area contributed by atoms with Crippen LogP contribution in [0, 0.1) is 18.3 Å². The number of aliphatic hydroxyl groups is 1. The molecule has 1 aliphatic rings. The van der Waals surface area contributed by atoms with Gasteiger partial charge in [-0.3, -0.25) is 9.48 Å². The Kier molecular flexibility index (Phi) is 4.18. The fourth-order valence-corrected chi connectivity index (χ4v) is 2.91. The molecule has 0 aliphatic heterocycles. The van der Waals surface area contributed by atoms with Gasteiger partial charge in [0.25, 0.3) is 0 Å². The van der Waals surface area contributed by atoms with Crippen LogP contribution in [-0.2, 0) is 11.3 Å². The number of nitrogens with one attached hydrogen (secondary N) is 1. The molecular weight excluding hydrogens is 290 g/mol. The van der Waals surface area contributed by atoms with Gasteiger partial charge in [0.2, 0.25) is 5.91 Å². The van der Waals surface area contributed by atoms with Crippen LogP contribution < -0.4 is 5.32 Å². The molecule has 1 fully saturated rings. The first-order valence-corrected chi connectivity index (χ1v) is 7.61. The Morgan fingerprint density at radius 2 is 2.17 bits per heavy atom. The lowest BCUT2D eigenvalue weighted by Gasteiger charge is -2.41. The molecule has 0 radical (unpaired) electrons. The van der Waals surface area contributed by atoms with Crippen molar-refractivity contribution in [2.45, 2.75) is 31.4 Å². The fraction of sp³-hybridized carbons (Fsp3) is 0.333. The van der Waals surface area contributed by atoms with Crippen LogP contribution in [0.25, 0.3) is 0 Å². The zero-order chi connectivity index (χ0) is 16.3. The second-order valence-corrected chi connectivity index (χ2v) is 6.11. The Hall–Kier alpha value is -2.58. The molecule has 0 unspecified atom stereocenters. The summed E-state index contributed by atoms with van der Waals surface area (Å²) >= 11 is 0. The highest BCUT2D eigenvalue weighted by atomic mass is 16.3. The predicted octanol–water partition coefficient (Wildman–Crippen LogP) is 2.03. The van der Waals surface area contributed by atoms with Crippen LogP contribution in [0.2, 0.25) is 0 Å². The van der Waals surface area contributed by atoms with E-state index in [0.29, 0.717) is 31.5 Å². The van der Waals surface area contributed by atoms with Gasteiger partial charge in [-0.1, -0.05) is 30.3 Å². The van der Waals surface area contributed by atoms with Gasteiger partial charge in [0.1, 0.15) is 0 Å². The topological polar surface area (TPSA) is 67.2 Å². The van der Waals surface area contributed by atoms with E-state index in [1.807, 2.05) is 30.3 Å². The third-order valence-electron chi connectivity index (χ3n) is 4.14. The van der Waals surface area contributed by atoms with Crippen LogP contribution in [0.15, 0.2) is 42.7 Å². The molecule has 1 aliphatic carbocycles. The Morgan fingerprint density at radius 1 is 1.43 bits per heavy atom. The van der Waals surface area contributed by atoms with Gasteiger partial charge in [-0.05, 0) is 18.4 Å². The molecule has 118 valence electrons. The average Bonchev–Trinajstić information content (AvgIpc) is 2.93. The summed E-state index contributed by atoms with van der Waals surface area (Å²) in [5.74, 6) is 2.17. The number of carbonyl (C=O) groups is 1. The van der Waals surface area contributed by atoms with Gasteiger partial charge in [-0.25, -0.2) is 0 Å². The number of nitrogens with zero attached hydrogens (tertiary/aromatic N) is 2. The number of hydrogen-bond acceptors (Lipinski definition) is 3. The van der Waals surface area contributed by atoms with Crippen molar-refractivity contribution >= 4 is 11.6 Å². The molecule has 23 heavy (non-hydrogen) atoms. The van der Waals surface area contributed by atoms with E-state index in [2.05, 4.69) is 16.3 Å². The van der Waals surface area contributed by atoms with Crippen molar-refractivity contribution in [3.05, 3.63) is 48.3 Å². The Labute approximate surface area is 135 Å². The van der Waals surface area contributed by atoms with Gasteiger partial charge < -0.3 is 10.4 Å². The molecule has 0 bridgehead atoms. The van der Waals surface area contributed by atoms with Gasteiger partial charge in [0.05, 0.1) is 24.0 Å². The monoisotopic (exact) mass is 309 g/mol. The molecule has 1 amide bonds. The highest BCUT2D eigenvalue weighted by molar-refractivity contribution is 5.93. The normalized spacial score (nSPS) is 22.9. The van der Waals surface area contributed by atoms with Crippen molar-refractivity contribution in [1.82, 2.24) is 9.78 Å². The standard InChI is InChI=1S/C18H19N3O2/c1-2-8-18(23)9-15(10-18)17(22)20-16-11-19-21(13-16)12-14-6-4-3-5-7-14/h1,3-7,11,13,15,23H,8-10,12H2,(H,20,22). The number of aromatic nitrogens is 2. The number of hydrogen-bond donors (Lipinski definition) is 2. The van der Waals surface area contributed by atoms with E-state index in [4.69, 9.17) is 6.42 Å². The lowest BCUT2D eigenvalue weighted by Crippen LogP contribution is -2.48. The van der Waals surface area contributed by atoms with E-state index in [-0.39, 0.29) is 11.8 Å². The van der Waals surface area contributed by atoms with Gasteiger partial charge in [-0.15, -0.1) is 12.3 Å². The molecule has 2 aromatic rings. The van der Waals surface area contributed by atoms with Crippen molar-refractivity contribution in [1.29, 1.82) is 0 Å². The van der Waals surface area contributed by atoms with Crippen LogP contribution in [-0.4, -0.2) is 26.4 Å². The highest BCUT2D eigenvalue weighted by Crippen LogP contribution is 2.40. The molecule has 0 atom stereocenters. The number of rotatable bonds is 5. The van der Waals surface area contributed by atoms with Crippen molar-refractivity contribution in [3.8, 4) is 12.3 Å². The summed E-state index contributed by atoms with van der Waals surface area (Å²) in [7, 11) is 0. The Bertz CT molecular complexity index is 724. The maximum absolute atomic E-state index is 12.1. The lowest BCUT2D eigenvalue weighted by molar-refractivity contribution is -0.135. The van der Waals surface area contributed by atoms with Gasteiger partial charge in [0.15, 0.2) is 0 Å². The molecule has 1 saturated carbocycles. The van der Waals surface area contributed by atoms with Gasteiger partial charge in [-0.2, -0.15) is 5.10 Å². The van der Waals surface area contributed by atoms with Crippen molar-refractivity contribution in [2.75, 3.05) is 5.32 Å². The first kappa shape index (κ1) is 15.3. The molecular formula is C18H19N3O2. The summed E-state index contributed by atoms with van der Waals surface area (Å²) in [5.41, 5.74) is 0.943. The summed E-state index contributed by atoms with van der Waals surface area (Å²) in [6.45, 7) is 0.655. The second-order valence-electron chi connectivity index (χ2n) is 6.11. The minimum atomic E-state index is -0.867. The molecule has 3 rings (SSSR count). The summed E-state index contributed by atoms with van der Waals surface area (Å²) in [6, 6.07) is 9.99. The fourth-order valence-electron chi connectivity index (χ4n) is 2.91. The number of anilines is 1. The average molecular weight is 309 g/mol. The lowest BCUT2D eigenvalue weighted by atomic mass is 9.69. The largest absolute Gasteiger partial charge is 0.389 e. The van der Waals surface area contributed by atoms with E-state index in [9.17, 15) is 9.90 Å². The van der Waals surface area contributed by atoms with Crippen LogP contribution in [0.1, 0.15) is 24.8 Å². The smallest absolute Gasteiger partial charge is 0.227 e. The zero-order valence-corrected chi connectivity index (χ0v) is 12.8. The molecule has 1 aromatic carbocycles. The maximum atomic E-state index is 12.1. The zero-order valence-electron chi connectivity index (χ0n) is 12.8. The van der Waals surface area contributed by atoms with Crippen LogP contribution in [0.5, 0.6) is 0 Å². The first-order chi connectivity index (χ1) is 11.1. The summed E-state index contributed by atoms with van der Waals surface area (Å²) in [6.07, 6.45) is 9.78. The van der Waals surface area contributed by atoms with E-state index >= 15 is 0 Å². The summed E-state index contributed by atoms with van der Waals surface area (Å²) < 4.78 is 1.78. The van der Waals surface area contributed by atoms with Gasteiger partial charge in [0, 0.05) is 18.5 Å². The molecule has 2 N–H and O–H groups in total. The van der Waals surface area contributed by atoms with Crippen molar-refractivity contribution in [2.24, 2.45) is 5.92 Å². The van der Waals surface area contributed by atoms with Crippen LogP contribution in [0.4, 0.5) is 5.69 Å². The van der Waals surface area contributed by atoms with E-state index in [1.165, 1.54) is 0 Å². The second kappa shape index (κ2) is 6.27. The molecule has 0 saturated heterocycles. The molecule has 1 heterocycles. The quantitative estimate of drug-likeness (QED) is 0.831. The van der Waals surface area contributed by atoms with Gasteiger partial charge >= 0.3 is 0 Å². The minimum Gasteiger partial charge on any atom is -0.389 e. The highest BCUT2D eigenvalue weighted by Gasteiger charge is 2.45.